The van der Waals surface area contributed by atoms with Crippen LogP contribution in [0.3, 0.4) is 0 Å². The van der Waals surface area contributed by atoms with Crippen LogP contribution in [-0.4, -0.2) is 60.4 Å². The number of benzene rings is 1. The molecule has 0 aromatic heterocycles. The Labute approximate surface area is 192 Å². The zero-order valence-corrected chi connectivity index (χ0v) is 19.3. The molecule has 1 aromatic carbocycles. The fourth-order valence-corrected chi connectivity index (χ4v) is 4.43. The highest BCUT2D eigenvalue weighted by atomic mass is 35.5. The second-order valence-electron chi connectivity index (χ2n) is 8.08. The normalized spacial score (nSPS) is 21.8. The molecule has 2 saturated heterocycles. The summed E-state index contributed by atoms with van der Waals surface area (Å²) in [6, 6.07) is 10.6. The van der Waals surface area contributed by atoms with Gasteiger partial charge in [0, 0.05) is 45.2 Å². The molecular weight excluding hydrogens is 423 g/mol. The van der Waals surface area contributed by atoms with Gasteiger partial charge in [-0.1, -0.05) is 30.3 Å². The lowest BCUT2D eigenvalue weighted by atomic mass is 9.93. The lowest BCUT2D eigenvalue weighted by molar-refractivity contribution is -0.141. The van der Waals surface area contributed by atoms with Gasteiger partial charge in [-0.05, 0) is 44.2 Å². The van der Waals surface area contributed by atoms with Gasteiger partial charge in [0.05, 0.1) is 5.92 Å². The number of rotatable bonds is 7. The maximum absolute atomic E-state index is 13.3. The number of halogens is 2. The van der Waals surface area contributed by atoms with Crippen molar-refractivity contribution < 1.29 is 9.59 Å². The molecule has 8 heteroatoms. The average molecular weight is 459 g/mol. The molecule has 0 aliphatic carbocycles. The monoisotopic (exact) mass is 458 g/mol. The molecule has 3 rings (SSSR count). The van der Waals surface area contributed by atoms with Crippen LogP contribution >= 0.6 is 24.8 Å². The Bertz CT molecular complexity index is 647. The summed E-state index contributed by atoms with van der Waals surface area (Å²) in [7, 11) is 0. The Balaban J connectivity index is 0.00000225. The summed E-state index contributed by atoms with van der Waals surface area (Å²) in [6.45, 7) is 4.51. The van der Waals surface area contributed by atoms with Gasteiger partial charge in [-0.2, -0.15) is 0 Å². The molecule has 0 radical (unpaired) electrons. The zero-order chi connectivity index (χ0) is 19.8. The quantitative estimate of drug-likeness (QED) is 0.657. The van der Waals surface area contributed by atoms with E-state index in [2.05, 4.69) is 34.5 Å². The van der Waals surface area contributed by atoms with Crippen molar-refractivity contribution in [2.24, 2.45) is 11.7 Å². The fraction of sp³-hybridized carbons (Fsp3) is 0.636. The molecule has 2 heterocycles. The number of carbonyl (C=O) groups is 2. The maximum Gasteiger partial charge on any atom is 0.227 e. The number of hydrogen-bond donors (Lipinski definition) is 2. The van der Waals surface area contributed by atoms with Crippen LogP contribution in [0.1, 0.15) is 44.1 Å². The first-order chi connectivity index (χ1) is 13.7. The standard InChI is InChI=1S/C22H34N4O2.2ClH/c23-12-11-21(27)24-15-20-10-4-5-14-26(20)22(28)19-9-6-13-25(17-19)16-18-7-2-1-3-8-18;;/h1-3,7-8,19-20H,4-6,9-17,23H2,(H,24,27);2*1H. The van der Waals surface area contributed by atoms with Gasteiger partial charge in [0.1, 0.15) is 0 Å². The second kappa shape index (κ2) is 13.9. The van der Waals surface area contributed by atoms with E-state index in [1.54, 1.807) is 0 Å². The summed E-state index contributed by atoms with van der Waals surface area (Å²) in [5.74, 6) is 0.320. The lowest BCUT2D eigenvalue weighted by Crippen LogP contribution is -2.53. The largest absolute Gasteiger partial charge is 0.354 e. The minimum Gasteiger partial charge on any atom is -0.354 e. The highest BCUT2D eigenvalue weighted by Gasteiger charge is 2.34. The van der Waals surface area contributed by atoms with E-state index >= 15 is 0 Å². The van der Waals surface area contributed by atoms with Crippen molar-refractivity contribution in [1.82, 2.24) is 15.1 Å². The third-order valence-electron chi connectivity index (χ3n) is 5.92. The van der Waals surface area contributed by atoms with Crippen molar-refractivity contribution in [3.63, 3.8) is 0 Å². The van der Waals surface area contributed by atoms with Crippen molar-refractivity contribution in [3.05, 3.63) is 35.9 Å². The van der Waals surface area contributed by atoms with Crippen molar-refractivity contribution in [2.75, 3.05) is 32.7 Å². The maximum atomic E-state index is 13.3. The van der Waals surface area contributed by atoms with Crippen LogP contribution in [0.15, 0.2) is 30.3 Å². The zero-order valence-electron chi connectivity index (χ0n) is 17.6. The molecule has 2 unspecified atom stereocenters. The minimum atomic E-state index is -0.0211. The summed E-state index contributed by atoms with van der Waals surface area (Å²) in [5, 5.41) is 2.96. The van der Waals surface area contributed by atoms with Crippen molar-refractivity contribution in [3.8, 4) is 0 Å². The van der Waals surface area contributed by atoms with Crippen molar-refractivity contribution >= 4 is 36.6 Å². The van der Waals surface area contributed by atoms with Gasteiger partial charge < -0.3 is 16.0 Å². The SMILES string of the molecule is Cl.Cl.NCCC(=O)NCC1CCCCN1C(=O)C1CCCN(Cc2ccccc2)C1. The molecule has 170 valence electrons. The molecule has 2 aliphatic heterocycles. The molecule has 0 spiro atoms. The third-order valence-corrected chi connectivity index (χ3v) is 5.92. The van der Waals surface area contributed by atoms with E-state index in [4.69, 9.17) is 5.73 Å². The van der Waals surface area contributed by atoms with Gasteiger partial charge in [0.2, 0.25) is 11.8 Å². The van der Waals surface area contributed by atoms with Gasteiger partial charge in [-0.25, -0.2) is 0 Å². The Morgan fingerprint density at radius 2 is 1.80 bits per heavy atom. The molecule has 6 nitrogen and oxygen atoms in total. The van der Waals surface area contributed by atoms with E-state index in [1.165, 1.54) is 5.56 Å². The molecule has 2 amide bonds. The van der Waals surface area contributed by atoms with Crippen LogP contribution < -0.4 is 11.1 Å². The highest BCUT2D eigenvalue weighted by molar-refractivity contribution is 5.85. The van der Waals surface area contributed by atoms with Gasteiger partial charge in [0.25, 0.3) is 0 Å². The van der Waals surface area contributed by atoms with Gasteiger partial charge in [-0.15, -0.1) is 24.8 Å². The highest BCUT2D eigenvalue weighted by Crippen LogP contribution is 2.25. The van der Waals surface area contributed by atoms with Crippen LogP contribution in [0.4, 0.5) is 0 Å². The van der Waals surface area contributed by atoms with E-state index in [1.807, 2.05) is 11.0 Å². The fourth-order valence-electron chi connectivity index (χ4n) is 4.43. The summed E-state index contributed by atoms with van der Waals surface area (Å²) >= 11 is 0. The lowest BCUT2D eigenvalue weighted by Gasteiger charge is -2.40. The number of amides is 2. The van der Waals surface area contributed by atoms with Crippen LogP contribution in [-0.2, 0) is 16.1 Å². The average Bonchev–Trinajstić information content (AvgIpc) is 2.73. The molecule has 2 atom stereocenters. The number of piperidine rings is 2. The van der Waals surface area contributed by atoms with E-state index in [0.29, 0.717) is 19.5 Å². The van der Waals surface area contributed by atoms with Gasteiger partial charge in [-0.3, -0.25) is 14.5 Å². The summed E-state index contributed by atoms with van der Waals surface area (Å²) in [4.78, 5) is 29.5. The van der Waals surface area contributed by atoms with Gasteiger partial charge in [0.15, 0.2) is 0 Å². The minimum absolute atomic E-state index is 0. The second-order valence-corrected chi connectivity index (χ2v) is 8.08. The summed E-state index contributed by atoms with van der Waals surface area (Å²) < 4.78 is 0. The summed E-state index contributed by atoms with van der Waals surface area (Å²) in [5.41, 5.74) is 6.75. The van der Waals surface area contributed by atoms with Crippen molar-refractivity contribution in [2.45, 2.75) is 51.1 Å². The third kappa shape index (κ3) is 7.73. The van der Waals surface area contributed by atoms with Crippen LogP contribution in [0.25, 0.3) is 0 Å². The Hall–Kier alpha value is -1.34. The van der Waals surface area contributed by atoms with E-state index in [9.17, 15) is 9.59 Å². The van der Waals surface area contributed by atoms with E-state index in [-0.39, 0.29) is 48.6 Å². The smallest absolute Gasteiger partial charge is 0.227 e. The predicted molar refractivity (Wildman–Crippen MR) is 125 cm³/mol. The van der Waals surface area contributed by atoms with E-state index in [0.717, 1.165) is 58.3 Å². The molecule has 0 bridgehead atoms. The van der Waals surface area contributed by atoms with Gasteiger partial charge >= 0.3 is 0 Å². The molecule has 2 aliphatic rings. The van der Waals surface area contributed by atoms with Crippen LogP contribution in [0, 0.1) is 5.92 Å². The number of likely N-dealkylation sites (tertiary alicyclic amines) is 2. The van der Waals surface area contributed by atoms with Crippen molar-refractivity contribution in [1.29, 1.82) is 0 Å². The number of hydrogen-bond acceptors (Lipinski definition) is 4. The van der Waals surface area contributed by atoms with Crippen LogP contribution in [0.2, 0.25) is 0 Å². The molecule has 0 saturated carbocycles. The number of carbonyl (C=O) groups excluding carboxylic acids is 2. The first-order valence-electron chi connectivity index (χ1n) is 10.7. The first kappa shape index (κ1) is 26.7. The predicted octanol–water partition coefficient (Wildman–Crippen LogP) is 2.59. The summed E-state index contributed by atoms with van der Waals surface area (Å²) in [6.07, 6.45) is 5.51. The van der Waals surface area contributed by atoms with Crippen LogP contribution in [0.5, 0.6) is 0 Å². The van der Waals surface area contributed by atoms with E-state index < -0.39 is 0 Å². The molecular formula is C22H36Cl2N4O2. The number of nitrogens with one attached hydrogen (secondary N) is 1. The molecule has 3 N–H and O–H groups in total. The first-order valence-corrected chi connectivity index (χ1v) is 10.7. The molecule has 30 heavy (non-hydrogen) atoms. The Kier molecular flexibility index (Phi) is 12.3. The Morgan fingerprint density at radius 3 is 2.53 bits per heavy atom. The number of nitrogens with zero attached hydrogens (tertiary/aromatic N) is 2. The Morgan fingerprint density at radius 1 is 1.03 bits per heavy atom. The molecule has 2 fully saturated rings. The number of nitrogens with two attached hydrogens (primary N) is 1. The topological polar surface area (TPSA) is 78.7 Å². The molecule has 1 aromatic rings.